The number of nitrogens with one attached hydrogen (secondary N) is 2. The maximum atomic E-state index is 12.5. The van der Waals surface area contributed by atoms with E-state index in [1.807, 2.05) is 0 Å². The van der Waals surface area contributed by atoms with Gasteiger partial charge in [-0.3, -0.25) is 9.59 Å². The molecule has 1 aromatic rings. The number of phenols is 1. The Balaban J connectivity index is 2.22. The van der Waals surface area contributed by atoms with Gasteiger partial charge in [-0.1, -0.05) is 0 Å². The second-order valence-electron chi connectivity index (χ2n) is 5.70. The van der Waals surface area contributed by atoms with E-state index in [4.69, 9.17) is 0 Å². The first kappa shape index (κ1) is 18.2. The lowest BCUT2D eigenvalue weighted by Gasteiger charge is -2.17. The number of nitrogens with zero attached hydrogens (tertiary/aromatic N) is 1. The summed E-state index contributed by atoms with van der Waals surface area (Å²) >= 11 is 0. The Morgan fingerprint density at radius 2 is 1.88 bits per heavy atom. The molecule has 1 saturated heterocycles. The molecule has 1 aliphatic heterocycles. The van der Waals surface area contributed by atoms with Crippen molar-refractivity contribution in [2.75, 3.05) is 18.4 Å². The third-order valence-corrected chi connectivity index (χ3v) is 5.64. The number of sulfonamides is 1. The number of carbonyl (C=O) groups is 2. The summed E-state index contributed by atoms with van der Waals surface area (Å²) in [6, 6.07) is 2.93. The highest BCUT2D eigenvalue weighted by molar-refractivity contribution is 7.89. The van der Waals surface area contributed by atoms with Gasteiger partial charge in [-0.2, -0.15) is 4.31 Å². The molecule has 0 spiro atoms. The van der Waals surface area contributed by atoms with Gasteiger partial charge in [-0.25, -0.2) is 8.42 Å². The smallest absolute Gasteiger partial charge is 0.246 e. The van der Waals surface area contributed by atoms with Gasteiger partial charge in [-0.05, 0) is 38.0 Å². The predicted octanol–water partition coefficient (Wildman–Crippen LogP) is 0.640. The molecular weight excluding hydrogens is 334 g/mol. The van der Waals surface area contributed by atoms with Crippen LogP contribution in [0.2, 0.25) is 0 Å². The number of hydrogen-bond acceptors (Lipinski definition) is 5. The molecule has 1 unspecified atom stereocenters. The van der Waals surface area contributed by atoms with Gasteiger partial charge in [0, 0.05) is 20.0 Å². The molecule has 9 heteroatoms. The van der Waals surface area contributed by atoms with Crippen molar-refractivity contribution in [3.63, 3.8) is 0 Å². The predicted molar refractivity (Wildman–Crippen MR) is 88.0 cm³/mol. The third kappa shape index (κ3) is 4.04. The molecular formula is C15H21N3O5S. The standard InChI is InChI=1S/C15H21N3O5S/c1-10(16-11(2)19)15(21)17-13-9-12(5-6-14(13)20)24(22,23)18-7-3-4-8-18/h5-6,9-10,20H,3-4,7-8H2,1-2H3,(H,16,19)(H,17,21). The molecule has 1 fully saturated rings. The van der Waals surface area contributed by atoms with E-state index < -0.39 is 22.0 Å². The molecule has 0 saturated carbocycles. The van der Waals surface area contributed by atoms with Crippen LogP contribution < -0.4 is 10.6 Å². The monoisotopic (exact) mass is 355 g/mol. The fourth-order valence-corrected chi connectivity index (χ4v) is 4.01. The molecule has 2 rings (SSSR count). The minimum Gasteiger partial charge on any atom is -0.506 e. The summed E-state index contributed by atoms with van der Waals surface area (Å²) in [6.07, 6.45) is 1.63. The highest BCUT2D eigenvalue weighted by Gasteiger charge is 2.28. The van der Waals surface area contributed by atoms with Crippen molar-refractivity contribution in [1.82, 2.24) is 9.62 Å². The summed E-state index contributed by atoms with van der Waals surface area (Å²) in [5.74, 6) is -1.18. The first-order chi connectivity index (χ1) is 11.2. The van der Waals surface area contributed by atoms with Crippen LogP contribution in [0.1, 0.15) is 26.7 Å². The molecule has 2 amide bonds. The average molecular weight is 355 g/mol. The maximum absolute atomic E-state index is 12.5. The van der Waals surface area contributed by atoms with Crippen LogP contribution in [0.25, 0.3) is 0 Å². The molecule has 3 N–H and O–H groups in total. The van der Waals surface area contributed by atoms with Crippen LogP contribution in [0.5, 0.6) is 5.75 Å². The van der Waals surface area contributed by atoms with Crippen molar-refractivity contribution < 1.29 is 23.1 Å². The summed E-state index contributed by atoms with van der Waals surface area (Å²) in [4.78, 5) is 23.0. The molecule has 8 nitrogen and oxygen atoms in total. The third-order valence-electron chi connectivity index (χ3n) is 3.74. The topological polar surface area (TPSA) is 116 Å². The van der Waals surface area contributed by atoms with Gasteiger partial charge < -0.3 is 15.7 Å². The summed E-state index contributed by atoms with van der Waals surface area (Å²) in [5.41, 5.74) is -0.0162. The Morgan fingerprint density at radius 3 is 2.46 bits per heavy atom. The van der Waals surface area contributed by atoms with Crippen LogP contribution in [0.4, 0.5) is 5.69 Å². The summed E-state index contributed by atoms with van der Waals surface area (Å²) in [7, 11) is -3.65. The molecule has 132 valence electrons. The van der Waals surface area contributed by atoms with Crippen LogP contribution in [0.3, 0.4) is 0 Å². The van der Waals surface area contributed by atoms with E-state index in [9.17, 15) is 23.1 Å². The summed E-state index contributed by atoms with van der Waals surface area (Å²) in [6.45, 7) is 3.69. The number of carbonyl (C=O) groups excluding carboxylic acids is 2. The van der Waals surface area contributed by atoms with E-state index in [2.05, 4.69) is 10.6 Å². The highest BCUT2D eigenvalue weighted by atomic mass is 32.2. The van der Waals surface area contributed by atoms with Gasteiger partial charge in [0.15, 0.2) is 0 Å². The number of amides is 2. The minimum absolute atomic E-state index is 0.00433. The molecule has 1 aromatic carbocycles. The molecule has 0 radical (unpaired) electrons. The highest BCUT2D eigenvalue weighted by Crippen LogP contribution is 2.29. The van der Waals surface area contributed by atoms with Crippen LogP contribution in [0.15, 0.2) is 23.1 Å². The molecule has 0 bridgehead atoms. The summed E-state index contributed by atoms with van der Waals surface area (Å²) < 4.78 is 26.5. The minimum atomic E-state index is -3.65. The van der Waals surface area contributed by atoms with E-state index in [-0.39, 0.29) is 22.2 Å². The average Bonchev–Trinajstić information content (AvgIpc) is 3.03. The van der Waals surface area contributed by atoms with Crippen molar-refractivity contribution in [1.29, 1.82) is 0 Å². The quantitative estimate of drug-likeness (QED) is 0.670. The molecule has 1 atom stereocenters. The van der Waals surface area contributed by atoms with Gasteiger partial charge in [0.05, 0.1) is 10.6 Å². The van der Waals surface area contributed by atoms with Gasteiger partial charge in [0.2, 0.25) is 21.8 Å². The van der Waals surface area contributed by atoms with Gasteiger partial charge >= 0.3 is 0 Å². The van der Waals surface area contributed by atoms with E-state index in [0.29, 0.717) is 13.1 Å². The lowest BCUT2D eigenvalue weighted by atomic mass is 10.2. The van der Waals surface area contributed by atoms with Gasteiger partial charge in [0.1, 0.15) is 11.8 Å². The largest absolute Gasteiger partial charge is 0.506 e. The number of benzene rings is 1. The normalized spacial score (nSPS) is 16.6. The SMILES string of the molecule is CC(=O)NC(C)C(=O)Nc1cc(S(=O)(=O)N2CCCC2)ccc1O. The molecule has 1 aliphatic rings. The Labute approximate surface area is 140 Å². The van der Waals surface area contributed by atoms with Crippen molar-refractivity contribution in [2.45, 2.75) is 37.6 Å². The number of anilines is 1. The Bertz CT molecular complexity index is 741. The zero-order valence-corrected chi connectivity index (χ0v) is 14.4. The lowest BCUT2D eigenvalue weighted by Crippen LogP contribution is -2.40. The van der Waals surface area contributed by atoms with Crippen molar-refractivity contribution >= 4 is 27.5 Å². The number of rotatable bonds is 5. The lowest BCUT2D eigenvalue weighted by molar-refractivity contribution is -0.124. The molecule has 0 aliphatic carbocycles. The van der Waals surface area contributed by atoms with Crippen LogP contribution in [-0.4, -0.2) is 48.8 Å². The molecule has 0 aromatic heterocycles. The van der Waals surface area contributed by atoms with Crippen LogP contribution >= 0.6 is 0 Å². The Morgan fingerprint density at radius 1 is 1.25 bits per heavy atom. The Hall–Kier alpha value is -2.13. The molecule has 24 heavy (non-hydrogen) atoms. The second kappa shape index (κ2) is 7.18. The van der Waals surface area contributed by atoms with Crippen LogP contribution in [-0.2, 0) is 19.6 Å². The van der Waals surface area contributed by atoms with Gasteiger partial charge in [-0.15, -0.1) is 0 Å². The number of aromatic hydroxyl groups is 1. The van der Waals surface area contributed by atoms with E-state index in [1.54, 1.807) is 0 Å². The van der Waals surface area contributed by atoms with E-state index in [1.165, 1.54) is 36.4 Å². The van der Waals surface area contributed by atoms with Crippen LogP contribution in [0, 0.1) is 0 Å². The molecule has 1 heterocycles. The van der Waals surface area contributed by atoms with Crippen molar-refractivity contribution in [3.8, 4) is 5.75 Å². The summed E-state index contributed by atoms with van der Waals surface area (Å²) in [5, 5.41) is 14.7. The second-order valence-corrected chi connectivity index (χ2v) is 7.64. The maximum Gasteiger partial charge on any atom is 0.246 e. The fourth-order valence-electron chi connectivity index (χ4n) is 2.46. The fraction of sp³-hybridized carbons (Fsp3) is 0.467. The van der Waals surface area contributed by atoms with Crippen molar-refractivity contribution in [2.24, 2.45) is 0 Å². The van der Waals surface area contributed by atoms with E-state index >= 15 is 0 Å². The zero-order valence-electron chi connectivity index (χ0n) is 13.6. The number of phenolic OH excluding ortho intramolecular Hbond substituents is 1. The van der Waals surface area contributed by atoms with Crippen molar-refractivity contribution in [3.05, 3.63) is 18.2 Å². The Kier molecular flexibility index (Phi) is 5.45. The first-order valence-corrected chi connectivity index (χ1v) is 9.07. The van der Waals surface area contributed by atoms with Gasteiger partial charge in [0.25, 0.3) is 0 Å². The number of hydrogen-bond donors (Lipinski definition) is 3. The zero-order chi connectivity index (χ0) is 17.9. The van der Waals surface area contributed by atoms with E-state index in [0.717, 1.165) is 12.8 Å². The first-order valence-electron chi connectivity index (χ1n) is 7.63.